The van der Waals surface area contributed by atoms with Gasteiger partial charge in [-0.25, -0.2) is 15.0 Å². The van der Waals surface area contributed by atoms with E-state index < -0.39 is 31.1 Å². The van der Waals surface area contributed by atoms with Crippen molar-refractivity contribution >= 4 is 22.9 Å². The molecule has 0 bridgehead atoms. The van der Waals surface area contributed by atoms with Crippen molar-refractivity contribution in [3.8, 4) is 0 Å². The number of nitrogens with two attached hydrogens (primary N) is 1. The lowest BCUT2D eigenvalue weighted by molar-refractivity contribution is -0.0501. The maximum atomic E-state index is 10.5. The summed E-state index contributed by atoms with van der Waals surface area (Å²) in [5.74, 6) is 0.752. The standard InChI is InChI=1S/C19H24N6O4/c1-10(11-5-3-2-4-6-11)7-21-19-24-13-16(20)22-9-23-17(13)25(19)18-15(28)14(27)12(8-26)29-18/h2-6,9-10,12,14-15,18,26-28H,7-8H2,1H3,(H,21,24)(H2,20,22,23)/t10?,12-,14?,15?,18-/m1/s1. The summed E-state index contributed by atoms with van der Waals surface area (Å²) in [6, 6.07) is 10.0. The zero-order valence-electron chi connectivity index (χ0n) is 15.9. The fraction of sp³-hybridized carbons (Fsp3) is 0.421. The largest absolute Gasteiger partial charge is 0.394 e. The van der Waals surface area contributed by atoms with Gasteiger partial charge in [0.2, 0.25) is 5.95 Å². The van der Waals surface area contributed by atoms with Gasteiger partial charge in [-0.2, -0.15) is 0 Å². The Morgan fingerprint density at radius 1 is 1.21 bits per heavy atom. The minimum Gasteiger partial charge on any atom is -0.394 e. The number of benzene rings is 1. The number of rotatable bonds is 6. The normalized spacial score (nSPS) is 25.4. The minimum absolute atomic E-state index is 0.179. The molecule has 1 aliphatic rings. The predicted molar refractivity (Wildman–Crippen MR) is 106 cm³/mol. The summed E-state index contributed by atoms with van der Waals surface area (Å²) in [6.45, 7) is 2.21. The van der Waals surface area contributed by atoms with Crippen LogP contribution in [0.5, 0.6) is 0 Å². The van der Waals surface area contributed by atoms with Gasteiger partial charge in [0.05, 0.1) is 6.61 Å². The highest BCUT2D eigenvalue weighted by Gasteiger charge is 2.45. The van der Waals surface area contributed by atoms with Gasteiger partial charge in [0, 0.05) is 6.54 Å². The van der Waals surface area contributed by atoms with Gasteiger partial charge in [0.1, 0.15) is 24.6 Å². The van der Waals surface area contributed by atoms with Crippen molar-refractivity contribution in [3.05, 3.63) is 42.2 Å². The topological polar surface area (TPSA) is 152 Å². The van der Waals surface area contributed by atoms with E-state index in [1.165, 1.54) is 6.33 Å². The molecule has 5 atom stereocenters. The first kappa shape index (κ1) is 19.5. The number of ether oxygens (including phenoxy) is 1. The number of hydrogen-bond donors (Lipinski definition) is 5. The molecule has 6 N–H and O–H groups in total. The molecule has 0 saturated carbocycles. The van der Waals surface area contributed by atoms with Crippen molar-refractivity contribution in [2.24, 2.45) is 0 Å². The first-order valence-corrected chi connectivity index (χ1v) is 9.41. The van der Waals surface area contributed by atoms with Crippen molar-refractivity contribution in [3.63, 3.8) is 0 Å². The van der Waals surface area contributed by atoms with Gasteiger partial charge in [-0.3, -0.25) is 4.57 Å². The Morgan fingerprint density at radius 3 is 2.66 bits per heavy atom. The molecule has 0 amide bonds. The Kier molecular flexibility index (Phi) is 5.33. The van der Waals surface area contributed by atoms with E-state index in [9.17, 15) is 15.3 Å². The molecule has 0 aliphatic carbocycles. The molecule has 1 saturated heterocycles. The summed E-state index contributed by atoms with van der Waals surface area (Å²) >= 11 is 0. The van der Waals surface area contributed by atoms with Crippen LogP contribution in [-0.2, 0) is 4.74 Å². The third kappa shape index (κ3) is 3.51. The Hall–Kier alpha value is -2.79. The summed E-state index contributed by atoms with van der Waals surface area (Å²) in [4.78, 5) is 12.7. The van der Waals surface area contributed by atoms with Crippen LogP contribution in [0.15, 0.2) is 36.7 Å². The third-order valence-corrected chi connectivity index (χ3v) is 5.21. The molecule has 4 rings (SSSR count). The zero-order chi connectivity index (χ0) is 20.5. The SMILES string of the molecule is CC(CNc1nc2c(N)ncnc2n1[C@@H]1O[C@H](CO)C(O)C1O)c1ccccc1. The molecule has 1 fully saturated rings. The fourth-order valence-electron chi connectivity index (χ4n) is 3.53. The van der Waals surface area contributed by atoms with Crippen molar-refractivity contribution < 1.29 is 20.1 Å². The number of fused-ring (bicyclic) bond motifs is 1. The monoisotopic (exact) mass is 400 g/mol. The number of aliphatic hydroxyl groups is 3. The van der Waals surface area contributed by atoms with Crippen LogP contribution in [0.1, 0.15) is 24.6 Å². The Bertz CT molecular complexity index is 981. The quantitative estimate of drug-likeness (QED) is 0.392. The highest BCUT2D eigenvalue weighted by atomic mass is 16.6. The predicted octanol–water partition coefficient (Wildman–Crippen LogP) is 0.236. The lowest BCUT2D eigenvalue weighted by atomic mass is 10.0. The molecule has 2 aromatic heterocycles. The minimum atomic E-state index is -1.27. The van der Waals surface area contributed by atoms with Gasteiger partial charge in [0.15, 0.2) is 23.2 Å². The lowest BCUT2D eigenvalue weighted by Gasteiger charge is -2.20. The average Bonchev–Trinajstić information content (AvgIpc) is 3.25. The molecule has 154 valence electrons. The van der Waals surface area contributed by atoms with Crippen LogP contribution in [0.2, 0.25) is 0 Å². The summed E-state index contributed by atoms with van der Waals surface area (Å²) in [5, 5.41) is 33.3. The number of nitrogens with one attached hydrogen (secondary N) is 1. The average molecular weight is 400 g/mol. The van der Waals surface area contributed by atoms with Gasteiger partial charge in [-0.1, -0.05) is 37.3 Å². The van der Waals surface area contributed by atoms with Gasteiger partial charge >= 0.3 is 0 Å². The van der Waals surface area contributed by atoms with Crippen molar-refractivity contribution in [1.82, 2.24) is 19.5 Å². The van der Waals surface area contributed by atoms with Gasteiger partial charge in [0.25, 0.3) is 0 Å². The molecule has 3 heterocycles. The van der Waals surface area contributed by atoms with E-state index in [1.54, 1.807) is 4.57 Å². The van der Waals surface area contributed by atoms with E-state index >= 15 is 0 Å². The number of imidazole rings is 1. The maximum absolute atomic E-state index is 10.5. The van der Waals surface area contributed by atoms with Crippen LogP contribution < -0.4 is 11.1 Å². The van der Waals surface area contributed by atoms with Crippen LogP contribution in [0.4, 0.5) is 11.8 Å². The van der Waals surface area contributed by atoms with E-state index in [-0.39, 0.29) is 11.7 Å². The Balaban J connectivity index is 1.68. The molecule has 0 spiro atoms. The van der Waals surface area contributed by atoms with E-state index in [1.807, 2.05) is 30.3 Å². The Labute approximate surface area is 167 Å². The first-order valence-electron chi connectivity index (χ1n) is 9.41. The summed E-state index contributed by atoms with van der Waals surface area (Å²) in [6.07, 6.45) is -3.11. The second-order valence-corrected chi connectivity index (χ2v) is 7.16. The van der Waals surface area contributed by atoms with Gasteiger partial charge < -0.3 is 31.1 Å². The van der Waals surface area contributed by atoms with Crippen LogP contribution in [-0.4, -0.2) is 66.3 Å². The molecule has 3 aromatic rings. The van der Waals surface area contributed by atoms with Crippen LogP contribution in [0.25, 0.3) is 11.2 Å². The molecule has 10 heteroatoms. The summed E-state index contributed by atoms with van der Waals surface area (Å²) in [7, 11) is 0. The van der Waals surface area contributed by atoms with Gasteiger partial charge in [-0.15, -0.1) is 0 Å². The highest BCUT2D eigenvalue weighted by molar-refractivity contribution is 5.84. The second-order valence-electron chi connectivity index (χ2n) is 7.16. The van der Waals surface area contributed by atoms with Crippen molar-refractivity contribution in [2.75, 3.05) is 24.2 Å². The third-order valence-electron chi connectivity index (χ3n) is 5.21. The van der Waals surface area contributed by atoms with Crippen LogP contribution in [0.3, 0.4) is 0 Å². The number of nitrogens with zero attached hydrogens (tertiary/aromatic N) is 4. The van der Waals surface area contributed by atoms with E-state index in [0.717, 1.165) is 5.56 Å². The number of nitrogen functional groups attached to an aromatic ring is 1. The second kappa shape index (κ2) is 7.91. The van der Waals surface area contributed by atoms with Crippen molar-refractivity contribution in [2.45, 2.75) is 37.4 Å². The molecule has 3 unspecified atom stereocenters. The van der Waals surface area contributed by atoms with E-state index in [0.29, 0.717) is 23.7 Å². The molecule has 10 nitrogen and oxygen atoms in total. The van der Waals surface area contributed by atoms with E-state index in [4.69, 9.17) is 10.5 Å². The number of aliphatic hydroxyl groups excluding tert-OH is 3. The Morgan fingerprint density at radius 2 is 1.97 bits per heavy atom. The molecular formula is C19H24N6O4. The zero-order valence-corrected chi connectivity index (χ0v) is 15.9. The molecule has 1 aliphatic heterocycles. The molecule has 0 radical (unpaired) electrons. The smallest absolute Gasteiger partial charge is 0.207 e. The number of hydrogen-bond acceptors (Lipinski definition) is 9. The molecule has 1 aromatic carbocycles. The molecular weight excluding hydrogens is 376 g/mol. The number of aromatic nitrogens is 4. The first-order chi connectivity index (χ1) is 14.0. The van der Waals surface area contributed by atoms with Gasteiger partial charge in [-0.05, 0) is 11.5 Å². The summed E-state index contributed by atoms with van der Waals surface area (Å²) in [5.41, 5.74) is 7.84. The van der Waals surface area contributed by atoms with E-state index in [2.05, 4.69) is 27.2 Å². The van der Waals surface area contributed by atoms with Crippen LogP contribution in [0, 0.1) is 0 Å². The van der Waals surface area contributed by atoms with Crippen LogP contribution >= 0.6 is 0 Å². The fourth-order valence-corrected chi connectivity index (χ4v) is 3.53. The summed E-state index contributed by atoms with van der Waals surface area (Å²) < 4.78 is 7.24. The van der Waals surface area contributed by atoms with Crippen molar-refractivity contribution in [1.29, 1.82) is 0 Å². The number of anilines is 2. The highest BCUT2D eigenvalue weighted by Crippen LogP contribution is 2.35. The lowest BCUT2D eigenvalue weighted by Crippen LogP contribution is -2.33. The maximum Gasteiger partial charge on any atom is 0.207 e. The molecule has 29 heavy (non-hydrogen) atoms.